The maximum atomic E-state index is 13.1. The summed E-state index contributed by atoms with van der Waals surface area (Å²) in [6.45, 7) is 2.19. The minimum Gasteiger partial charge on any atom is -0.298 e. The van der Waals surface area contributed by atoms with E-state index in [2.05, 4.69) is 0 Å². The molecule has 5 nitrogen and oxygen atoms in total. The molecule has 0 saturated heterocycles. The highest BCUT2D eigenvalue weighted by Gasteiger charge is 2.25. The number of amides is 1. The Kier molecular flexibility index (Phi) is 5.08. The standard InChI is InChI=1S/C21H18N2O3/c1-16-11-13-18(14-12-16)21(24)22(15-17-7-3-2-4-8-17)19-9-5-6-10-20(19)23(25)26/h2-14H,15H2,1H3. The number of nitrogens with zero attached hydrogens (tertiary/aromatic N) is 2. The summed E-state index contributed by atoms with van der Waals surface area (Å²) < 4.78 is 0. The molecule has 0 aliphatic heterocycles. The monoisotopic (exact) mass is 346 g/mol. The Balaban J connectivity index is 2.06. The van der Waals surface area contributed by atoms with Crippen LogP contribution in [0.2, 0.25) is 0 Å². The van der Waals surface area contributed by atoms with E-state index in [4.69, 9.17) is 0 Å². The summed E-state index contributed by atoms with van der Waals surface area (Å²) in [6.07, 6.45) is 0. The molecule has 0 aromatic heterocycles. The zero-order chi connectivity index (χ0) is 18.5. The molecule has 0 spiro atoms. The second-order valence-electron chi connectivity index (χ2n) is 5.99. The van der Waals surface area contributed by atoms with Crippen LogP contribution in [0.15, 0.2) is 78.9 Å². The van der Waals surface area contributed by atoms with Gasteiger partial charge in [-0.2, -0.15) is 0 Å². The van der Waals surface area contributed by atoms with Crippen molar-refractivity contribution < 1.29 is 9.72 Å². The van der Waals surface area contributed by atoms with Crippen molar-refractivity contribution in [3.63, 3.8) is 0 Å². The Bertz CT molecular complexity index is 922. The fraction of sp³-hybridized carbons (Fsp3) is 0.0952. The van der Waals surface area contributed by atoms with Crippen molar-refractivity contribution in [2.45, 2.75) is 13.5 Å². The molecule has 0 bridgehead atoms. The predicted octanol–water partition coefficient (Wildman–Crippen LogP) is 4.75. The van der Waals surface area contributed by atoms with Crippen molar-refractivity contribution in [2.24, 2.45) is 0 Å². The van der Waals surface area contributed by atoms with Gasteiger partial charge in [0.2, 0.25) is 0 Å². The van der Waals surface area contributed by atoms with Crippen LogP contribution >= 0.6 is 0 Å². The number of hydrogen-bond acceptors (Lipinski definition) is 3. The van der Waals surface area contributed by atoms with E-state index in [9.17, 15) is 14.9 Å². The van der Waals surface area contributed by atoms with Crippen LogP contribution in [0.5, 0.6) is 0 Å². The number of nitro benzene ring substituents is 1. The van der Waals surface area contributed by atoms with Gasteiger partial charge in [0, 0.05) is 11.6 Å². The Morgan fingerprint density at radius 3 is 2.19 bits per heavy atom. The first kappa shape index (κ1) is 17.4. The van der Waals surface area contributed by atoms with Gasteiger partial charge in [0.25, 0.3) is 11.6 Å². The number of hydrogen-bond donors (Lipinski definition) is 0. The number of rotatable bonds is 5. The zero-order valence-electron chi connectivity index (χ0n) is 14.3. The van der Waals surface area contributed by atoms with Crippen molar-refractivity contribution in [2.75, 3.05) is 4.90 Å². The normalized spacial score (nSPS) is 10.3. The van der Waals surface area contributed by atoms with E-state index in [0.29, 0.717) is 5.56 Å². The van der Waals surface area contributed by atoms with Gasteiger partial charge < -0.3 is 0 Å². The quantitative estimate of drug-likeness (QED) is 0.495. The van der Waals surface area contributed by atoms with Gasteiger partial charge in [-0.3, -0.25) is 19.8 Å². The summed E-state index contributed by atoms with van der Waals surface area (Å²) in [4.78, 5) is 25.6. The van der Waals surface area contributed by atoms with E-state index in [0.717, 1.165) is 11.1 Å². The summed E-state index contributed by atoms with van der Waals surface area (Å²) in [5.74, 6) is -0.275. The predicted molar refractivity (Wildman–Crippen MR) is 101 cm³/mol. The van der Waals surface area contributed by atoms with Crippen LogP contribution in [-0.2, 0) is 6.54 Å². The van der Waals surface area contributed by atoms with E-state index in [1.54, 1.807) is 30.3 Å². The molecule has 1 amide bonds. The largest absolute Gasteiger partial charge is 0.298 e. The minimum absolute atomic E-state index is 0.0936. The van der Waals surface area contributed by atoms with Crippen LogP contribution < -0.4 is 4.90 Å². The molecule has 3 aromatic rings. The molecule has 3 aromatic carbocycles. The van der Waals surface area contributed by atoms with E-state index in [1.807, 2.05) is 49.4 Å². The van der Waals surface area contributed by atoms with Gasteiger partial charge in [-0.15, -0.1) is 0 Å². The van der Waals surface area contributed by atoms with Crippen LogP contribution in [0, 0.1) is 17.0 Å². The van der Waals surface area contributed by atoms with Gasteiger partial charge in [0.05, 0.1) is 11.5 Å². The first-order valence-corrected chi connectivity index (χ1v) is 8.22. The average molecular weight is 346 g/mol. The lowest BCUT2D eigenvalue weighted by molar-refractivity contribution is -0.384. The number of para-hydroxylation sites is 2. The van der Waals surface area contributed by atoms with Crippen molar-refractivity contribution in [3.8, 4) is 0 Å². The Labute approximate surface area is 151 Å². The van der Waals surface area contributed by atoms with Crippen molar-refractivity contribution in [3.05, 3.63) is 106 Å². The topological polar surface area (TPSA) is 63.5 Å². The lowest BCUT2D eigenvalue weighted by atomic mass is 10.1. The molecule has 0 heterocycles. The third-order valence-electron chi connectivity index (χ3n) is 4.10. The first-order chi connectivity index (χ1) is 12.6. The van der Waals surface area contributed by atoms with Gasteiger partial charge in [0.1, 0.15) is 5.69 Å². The number of carbonyl (C=O) groups is 1. The fourth-order valence-corrected chi connectivity index (χ4v) is 2.73. The maximum absolute atomic E-state index is 13.1. The third kappa shape index (κ3) is 3.78. The molecular formula is C21H18N2O3. The lowest BCUT2D eigenvalue weighted by Gasteiger charge is -2.23. The molecule has 0 radical (unpaired) electrons. The van der Waals surface area contributed by atoms with Crippen LogP contribution in [0.1, 0.15) is 21.5 Å². The minimum atomic E-state index is -0.463. The fourth-order valence-electron chi connectivity index (χ4n) is 2.73. The average Bonchev–Trinajstić information content (AvgIpc) is 2.67. The number of carbonyl (C=O) groups excluding carboxylic acids is 1. The first-order valence-electron chi connectivity index (χ1n) is 8.22. The molecule has 0 saturated carbocycles. The van der Waals surface area contributed by atoms with Crippen LogP contribution in [0.4, 0.5) is 11.4 Å². The van der Waals surface area contributed by atoms with Crippen molar-refractivity contribution >= 4 is 17.3 Å². The van der Waals surface area contributed by atoms with Crippen molar-refractivity contribution in [1.82, 2.24) is 0 Å². The number of nitro groups is 1. The van der Waals surface area contributed by atoms with E-state index < -0.39 is 4.92 Å². The van der Waals surface area contributed by atoms with Crippen LogP contribution in [0.25, 0.3) is 0 Å². The molecule has 0 aliphatic rings. The summed E-state index contributed by atoms with van der Waals surface area (Å²) in [7, 11) is 0. The summed E-state index contributed by atoms with van der Waals surface area (Å²) >= 11 is 0. The highest BCUT2D eigenvalue weighted by Crippen LogP contribution is 2.30. The number of benzene rings is 3. The number of anilines is 1. The Morgan fingerprint density at radius 1 is 0.923 bits per heavy atom. The Morgan fingerprint density at radius 2 is 1.54 bits per heavy atom. The van der Waals surface area contributed by atoms with E-state index in [1.165, 1.54) is 11.0 Å². The highest BCUT2D eigenvalue weighted by molar-refractivity contribution is 6.07. The van der Waals surface area contributed by atoms with E-state index >= 15 is 0 Å². The molecule has 0 N–H and O–H groups in total. The molecule has 0 atom stereocenters. The second kappa shape index (κ2) is 7.61. The third-order valence-corrected chi connectivity index (χ3v) is 4.10. The van der Waals surface area contributed by atoms with Crippen LogP contribution in [-0.4, -0.2) is 10.8 Å². The molecule has 5 heteroatoms. The summed E-state index contributed by atoms with van der Waals surface area (Å²) in [6, 6.07) is 22.9. The van der Waals surface area contributed by atoms with Gasteiger partial charge in [-0.1, -0.05) is 60.2 Å². The van der Waals surface area contributed by atoms with Gasteiger partial charge in [-0.25, -0.2) is 0 Å². The van der Waals surface area contributed by atoms with Crippen LogP contribution in [0.3, 0.4) is 0 Å². The second-order valence-corrected chi connectivity index (χ2v) is 5.99. The molecule has 0 unspecified atom stereocenters. The molecule has 3 rings (SSSR count). The highest BCUT2D eigenvalue weighted by atomic mass is 16.6. The van der Waals surface area contributed by atoms with Gasteiger partial charge >= 0.3 is 0 Å². The smallest absolute Gasteiger partial charge is 0.292 e. The molecular weight excluding hydrogens is 328 g/mol. The zero-order valence-corrected chi connectivity index (χ0v) is 14.3. The molecule has 26 heavy (non-hydrogen) atoms. The lowest BCUT2D eigenvalue weighted by Crippen LogP contribution is -2.31. The molecule has 130 valence electrons. The summed E-state index contributed by atoms with van der Waals surface area (Å²) in [5, 5.41) is 11.4. The van der Waals surface area contributed by atoms with Crippen molar-refractivity contribution in [1.29, 1.82) is 0 Å². The SMILES string of the molecule is Cc1ccc(C(=O)N(Cc2ccccc2)c2ccccc2[N+](=O)[O-])cc1. The maximum Gasteiger partial charge on any atom is 0.292 e. The summed E-state index contributed by atoms with van der Waals surface area (Å²) in [5.41, 5.74) is 2.62. The van der Waals surface area contributed by atoms with Gasteiger partial charge in [0.15, 0.2) is 0 Å². The van der Waals surface area contributed by atoms with Gasteiger partial charge in [-0.05, 0) is 30.7 Å². The molecule has 0 fully saturated rings. The molecule has 0 aliphatic carbocycles. The van der Waals surface area contributed by atoms with E-state index in [-0.39, 0.29) is 23.8 Å². The number of aryl methyl sites for hydroxylation is 1. The Hall–Kier alpha value is -3.47.